The van der Waals surface area contributed by atoms with Crippen LogP contribution in [0.5, 0.6) is 17.2 Å². The van der Waals surface area contributed by atoms with Gasteiger partial charge in [0.25, 0.3) is 0 Å². The molecule has 1 fully saturated rings. The van der Waals surface area contributed by atoms with Crippen LogP contribution in [-0.4, -0.2) is 59.3 Å². The molecule has 3 rings (SSSR count). The van der Waals surface area contributed by atoms with Crippen molar-refractivity contribution in [3.63, 3.8) is 0 Å². The lowest BCUT2D eigenvalue weighted by Gasteiger charge is -2.31. The molecular formula is C25H32N2O6. The molecule has 8 nitrogen and oxygen atoms in total. The fraction of sp³-hybridized carbons (Fsp3) is 0.400. The number of anilines is 2. The number of nitrogens with zero attached hydrogens (tertiary/aromatic N) is 1. The van der Waals surface area contributed by atoms with Gasteiger partial charge in [-0.1, -0.05) is 12.1 Å². The molecule has 1 N–H and O–H groups in total. The maximum absolute atomic E-state index is 12.6. The second-order valence-electron chi connectivity index (χ2n) is 7.22. The summed E-state index contributed by atoms with van der Waals surface area (Å²) < 4.78 is 27.5. The third-order valence-corrected chi connectivity index (χ3v) is 4.92. The molecule has 8 heteroatoms. The molecule has 0 atom stereocenters. The number of nitrogens with one attached hydrogen (secondary N) is 1. The van der Waals surface area contributed by atoms with Crippen LogP contribution >= 0.6 is 0 Å². The Kier molecular flexibility index (Phi) is 9.41. The van der Waals surface area contributed by atoms with Gasteiger partial charge in [-0.25, -0.2) is 0 Å². The summed E-state index contributed by atoms with van der Waals surface area (Å²) in [6, 6.07) is 11.1. The number of benzene rings is 2. The van der Waals surface area contributed by atoms with E-state index in [-0.39, 0.29) is 12.7 Å². The molecule has 0 aromatic heterocycles. The minimum Gasteiger partial charge on any atom is -0.492 e. The van der Waals surface area contributed by atoms with Crippen LogP contribution in [0.2, 0.25) is 0 Å². The number of amides is 1. The van der Waals surface area contributed by atoms with Crippen molar-refractivity contribution >= 4 is 23.4 Å². The van der Waals surface area contributed by atoms with Gasteiger partial charge in [-0.05, 0) is 37.6 Å². The SMILES string of the molecule is CCOc1cc(N2CCOCC2)c(OCC)cc1NC(=O)/C=C/c1ccc(OCOC)cc1. The number of rotatable bonds is 11. The molecule has 2 aromatic rings. The maximum Gasteiger partial charge on any atom is 0.248 e. The Morgan fingerprint density at radius 2 is 1.73 bits per heavy atom. The number of methoxy groups -OCH3 is 1. The van der Waals surface area contributed by atoms with E-state index in [9.17, 15) is 4.79 Å². The van der Waals surface area contributed by atoms with Crippen LogP contribution in [0, 0.1) is 0 Å². The van der Waals surface area contributed by atoms with Crippen molar-refractivity contribution < 1.29 is 28.5 Å². The van der Waals surface area contributed by atoms with E-state index in [0.29, 0.717) is 49.4 Å². The van der Waals surface area contributed by atoms with Crippen molar-refractivity contribution in [3.05, 3.63) is 48.0 Å². The smallest absolute Gasteiger partial charge is 0.248 e. The monoisotopic (exact) mass is 456 g/mol. The average Bonchev–Trinajstić information content (AvgIpc) is 2.84. The highest BCUT2D eigenvalue weighted by atomic mass is 16.7. The van der Waals surface area contributed by atoms with Crippen LogP contribution in [-0.2, 0) is 14.3 Å². The summed E-state index contributed by atoms with van der Waals surface area (Å²) in [5.74, 6) is 1.73. The summed E-state index contributed by atoms with van der Waals surface area (Å²) >= 11 is 0. The van der Waals surface area contributed by atoms with Gasteiger partial charge in [0.05, 0.1) is 37.8 Å². The summed E-state index contributed by atoms with van der Waals surface area (Å²) in [6.45, 7) is 7.91. The predicted molar refractivity (Wildman–Crippen MR) is 128 cm³/mol. The topological polar surface area (TPSA) is 78.5 Å². The molecule has 0 radical (unpaired) electrons. The largest absolute Gasteiger partial charge is 0.492 e. The lowest BCUT2D eigenvalue weighted by molar-refractivity contribution is -0.111. The van der Waals surface area contributed by atoms with Crippen molar-refractivity contribution in [2.45, 2.75) is 13.8 Å². The fourth-order valence-electron chi connectivity index (χ4n) is 3.39. The molecule has 1 amide bonds. The molecule has 0 unspecified atom stereocenters. The highest BCUT2D eigenvalue weighted by Crippen LogP contribution is 2.39. The van der Waals surface area contributed by atoms with E-state index in [1.54, 1.807) is 13.2 Å². The van der Waals surface area contributed by atoms with E-state index < -0.39 is 0 Å². The Labute approximate surface area is 195 Å². The first-order chi connectivity index (χ1) is 16.1. The Balaban J connectivity index is 1.75. The van der Waals surface area contributed by atoms with Crippen molar-refractivity contribution in [2.24, 2.45) is 0 Å². The van der Waals surface area contributed by atoms with Gasteiger partial charge in [0.1, 0.15) is 17.2 Å². The molecule has 178 valence electrons. The molecule has 0 aliphatic carbocycles. The molecule has 0 spiro atoms. The molecule has 1 aliphatic heterocycles. The van der Waals surface area contributed by atoms with Gasteiger partial charge in [-0.15, -0.1) is 0 Å². The zero-order valence-corrected chi connectivity index (χ0v) is 19.5. The Morgan fingerprint density at radius 3 is 2.39 bits per heavy atom. The molecule has 0 bridgehead atoms. The normalized spacial score (nSPS) is 13.7. The Hall–Kier alpha value is -3.23. The van der Waals surface area contributed by atoms with Gasteiger partial charge < -0.3 is 33.9 Å². The summed E-state index contributed by atoms with van der Waals surface area (Å²) in [4.78, 5) is 14.9. The number of carbonyl (C=O) groups excluding carboxylic acids is 1. The van der Waals surface area contributed by atoms with Crippen molar-refractivity contribution in [3.8, 4) is 17.2 Å². The fourth-order valence-corrected chi connectivity index (χ4v) is 3.39. The highest BCUT2D eigenvalue weighted by molar-refractivity contribution is 6.03. The minimum absolute atomic E-state index is 0.188. The number of hydrogen-bond donors (Lipinski definition) is 1. The van der Waals surface area contributed by atoms with Gasteiger partial charge in [0.2, 0.25) is 5.91 Å². The number of morpholine rings is 1. The molecule has 1 saturated heterocycles. The molecule has 1 heterocycles. The lowest BCUT2D eigenvalue weighted by Crippen LogP contribution is -2.36. The van der Waals surface area contributed by atoms with E-state index in [1.807, 2.05) is 50.2 Å². The van der Waals surface area contributed by atoms with E-state index in [2.05, 4.69) is 10.2 Å². The second-order valence-corrected chi connectivity index (χ2v) is 7.22. The first-order valence-corrected chi connectivity index (χ1v) is 11.1. The third kappa shape index (κ3) is 7.13. The Bertz CT molecular complexity index is 923. The first kappa shape index (κ1) is 24.4. The molecular weight excluding hydrogens is 424 g/mol. The van der Waals surface area contributed by atoms with Crippen LogP contribution in [0.25, 0.3) is 6.08 Å². The molecule has 2 aromatic carbocycles. The summed E-state index contributed by atoms with van der Waals surface area (Å²) in [5, 5.41) is 2.92. The van der Waals surface area contributed by atoms with Crippen LogP contribution in [0.1, 0.15) is 19.4 Å². The van der Waals surface area contributed by atoms with Crippen molar-refractivity contribution in [1.29, 1.82) is 0 Å². The maximum atomic E-state index is 12.6. The summed E-state index contributed by atoms with van der Waals surface area (Å²) in [6.07, 6.45) is 3.22. The standard InChI is InChI=1S/C25H32N2O6/c1-4-31-23-17-22(27-12-14-30-15-13-27)24(32-5-2)16-21(23)26-25(28)11-8-19-6-9-20(10-7-19)33-18-29-3/h6-11,16-17H,4-5,12-15,18H2,1-3H3,(H,26,28)/b11-8+. The van der Waals surface area contributed by atoms with Gasteiger partial charge in [0, 0.05) is 38.4 Å². The summed E-state index contributed by atoms with van der Waals surface area (Å²) in [7, 11) is 1.57. The average molecular weight is 457 g/mol. The van der Waals surface area contributed by atoms with Crippen LogP contribution < -0.4 is 24.4 Å². The van der Waals surface area contributed by atoms with E-state index >= 15 is 0 Å². The second kappa shape index (κ2) is 12.7. The van der Waals surface area contributed by atoms with E-state index in [0.717, 1.165) is 24.3 Å². The van der Waals surface area contributed by atoms with E-state index in [4.69, 9.17) is 23.7 Å². The third-order valence-electron chi connectivity index (χ3n) is 4.92. The van der Waals surface area contributed by atoms with Gasteiger partial charge in [-0.3, -0.25) is 4.79 Å². The number of ether oxygens (including phenoxy) is 5. The zero-order valence-electron chi connectivity index (χ0n) is 19.5. The van der Waals surface area contributed by atoms with E-state index in [1.165, 1.54) is 6.08 Å². The lowest BCUT2D eigenvalue weighted by atomic mass is 10.2. The number of hydrogen-bond acceptors (Lipinski definition) is 7. The van der Waals surface area contributed by atoms with Crippen LogP contribution in [0.4, 0.5) is 11.4 Å². The number of carbonyl (C=O) groups is 1. The molecule has 0 saturated carbocycles. The van der Waals surface area contributed by atoms with Crippen molar-refractivity contribution in [1.82, 2.24) is 0 Å². The van der Waals surface area contributed by atoms with Gasteiger partial charge in [0.15, 0.2) is 6.79 Å². The van der Waals surface area contributed by atoms with Gasteiger partial charge >= 0.3 is 0 Å². The summed E-state index contributed by atoms with van der Waals surface area (Å²) in [5.41, 5.74) is 2.38. The van der Waals surface area contributed by atoms with Crippen LogP contribution in [0.3, 0.4) is 0 Å². The highest BCUT2D eigenvalue weighted by Gasteiger charge is 2.20. The van der Waals surface area contributed by atoms with Crippen molar-refractivity contribution in [2.75, 3.05) is 63.6 Å². The van der Waals surface area contributed by atoms with Gasteiger partial charge in [-0.2, -0.15) is 0 Å². The predicted octanol–water partition coefficient (Wildman–Crippen LogP) is 3.96. The molecule has 1 aliphatic rings. The minimum atomic E-state index is -0.266. The zero-order chi connectivity index (χ0) is 23.5. The quantitative estimate of drug-likeness (QED) is 0.405. The van der Waals surface area contributed by atoms with Crippen LogP contribution in [0.15, 0.2) is 42.5 Å². The first-order valence-electron chi connectivity index (χ1n) is 11.1. The Morgan fingerprint density at radius 1 is 1.03 bits per heavy atom. The molecule has 33 heavy (non-hydrogen) atoms.